The van der Waals surface area contributed by atoms with Gasteiger partial charge in [0.05, 0.1) is 32.0 Å². The number of imidazole rings is 2. The van der Waals surface area contributed by atoms with Crippen LogP contribution in [-0.4, -0.2) is 136 Å². The number of carbonyl (C=O) groups is 1. The third-order valence-electron chi connectivity index (χ3n) is 9.80. The number of nitrogens with two attached hydrogens (primary N) is 2. The van der Waals surface area contributed by atoms with Gasteiger partial charge in [-0.2, -0.15) is 25.0 Å². The summed E-state index contributed by atoms with van der Waals surface area (Å²) in [5.74, 6) is 3.78. The fraction of sp³-hybridized carbons (Fsp3) is 0.462. The Bertz CT molecular complexity index is 2610. The number of aromatic nitrogens is 8. The van der Waals surface area contributed by atoms with Crippen molar-refractivity contribution < 1.29 is 56.7 Å². The Balaban J connectivity index is 0.000000279. The van der Waals surface area contributed by atoms with Crippen molar-refractivity contribution in [3.05, 3.63) is 43.0 Å². The normalized spacial score (nSPS) is 26.2. The molecule has 5 aromatic rings. The summed E-state index contributed by atoms with van der Waals surface area (Å²) in [5, 5.41) is 38.3. The van der Waals surface area contributed by atoms with Gasteiger partial charge in [0.25, 0.3) is 0 Å². The topological polar surface area (TPSA) is 316 Å². The summed E-state index contributed by atoms with van der Waals surface area (Å²) < 4.78 is 74.9. The van der Waals surface area contributed by atoms with Gasteiger partial charge in [0.15, 0.2) is 46.4 Å². The molecule has 10 N–H and O–H groups in total. The summed E-state index contributed by atoms with van der Waals surface area (Å²) in [6, 6.07) is 6.92. The van der Waals surface area contributed by atoms with Crippen LogP contribution in [0.15, 0.2) is 43.0 Å². The number of ether oxygens (including phenoxy) is 3. The summed E-state index contributed by atoms with van der Waals surface area (Å²) >= 11 is 0. The van der Waals surface area contributed by atoms with Gasteiger partial charge in [0.1, 0.15) is 36.2 Å². The first-order valence-electron chi connectivity index (χ1n) is 19.3. The molecule has 2 fully saturated rings. The number of hydrogen-bond donors (Lipinski definition) is 8. The van der Waals surface area contributed by atoms with Crippen molar-refractivity contribution in [2.75, 3.05) is 49.4 Å². The fourth-order valence-electron chi connectivity index (χ4n) is 6.70. The third kappa shape index (κ3) is 9.73. The Morgan fingerprint density at radius 3 is 1.82 bits per heavy atom. The van der Waals surface area contributed by atoms with E-state index in [1.54, 1.807) is 46.1 Å². The third-order valence-corrected chi connectivity index (χ3v) is 11.4. The van der Waals surface area contributed by atoms with Gasteiger partial charge in [0, 0.05) is 14.1 Å². The molecule has 2 aliphatic rings. The van der Waals surface area contributed by atoms with Gasteiger partial charge in [-0.3, -0.25) is 18.5 Å². The smallest absolute Gasteiger partial charge is 0.459 e. The number of nitrogens with zero attached hydrogens (tertiary/aromatic N) is 8. The number of hydrogen-bond acceptors (Lipinski definition) is 20. The lowest BCUT2D eigenvalue weighted by molar-refractivity contribution is -0.149. The van der Waals surface area contributed by atoms with E-state index >= 15 is 8.78 Å². The predicted molar refractivity (Wildman–Crippen MR) is 232 cm³/mol. The zero-order chi connectivity index (χ0) is 46.7. The standard InChI is InChI=1S/C25H31FN7O7P.C13H15FN6O3.CH4/c1-6-25(26)19(34)17(39-23(25)33-13-29-18-20(28-5)30-24(27)31-21(18)33)12-37-41(36,40-16-10-8-7-9-11-16)32-15(4)22(35)38-14(2)3;1-3-13(14)8(22)6(4-21)23-11(13)20-5-17-7-9(16-2)18-12(15)19-10(7)20;/h1,7-11,13-15,17,19,23,34H,12H2,2-5H3,(H,32,36)(H3,27,28,30,31);1,5-6,8,11,21-22H,4H2,2H3,(H3,15,16,18,19);1H4/t15-,17+,19+,23+,25+,41?;6-,8-,11-,13-;/m01./s1. The highest BCUT2D eigenvalue weighted by Crippen LogP contribution is 2.48. The van der Waals surface area contributed by atoms with Gasteiger partial charge in [-0.25, -0.2) is 23.3 Å². The van der Waals surface area contributed by atoms with Crippen LogP contribution in [-0.2, 0) is 28.1 Å². The quantitative estimate of drug-likeness (QED) is 0.0448. The second kappa shape index (κ2) is 19.9. The number of fused-ring (bicyclic) bond motifs is 2. The summed E-state index contributed by atoms with van der Waals surface area (Å²) in [5.41, 5.74) is 6.97. The van der Waals surface area contributed by atoms with Gasteiger partial charge >= 0.3 is 13.7 Å². The fourth-order valence-corrected chi connectivity index (χ4v) is 8.20. The largest absolute Gasteiger partial charge is 0.462 e. The number of rotatable bonds is 14. The number of halogens is 2. The monoisotopic (exact) mass is 929 g/mol. The van der Waals surface area contributed by atoms with Crippen LogP contribution in [0.4, 0.5) is 32.3 Å². The molecule has 0 aliphatic carbocycles. The number of esters is 1. The number of terminal acetylenes is 2. The number of nitrogens with one attached hydrogen (secondary N) is 3. The molecule has 0 radical (unpaired) electrons. The van der Waals surface area contributed by atoms with Crippen molar-refractivity contribution in [1.29, 1.82) is 0 Å². The maximum absolute atomic E-state index is 16.1. The highest BCUT2D eigenvalue weighted by Gasteiger charge is 2.59. The molecule has 2 saturated heterocycles. The van der Waals surface area contributed by atoms with E-state index in [4.69, 9.17) is 47.6 Å². The van der Waals surface area contributed by atoms with Crippen LogP contribution in [0, 0.1) is 24.7 Å². The zero-order valence-electron chi connectivity index (χ0n) is 34.9. The first kappa shape index (κ1) is 49.7. The summed E-state index contributed by atoms with van der Waals surface area (Å²) in [4.78, 5) is 36.9. The summed E-state index contributed by atoms with van der Waals surface area (Å²) in [6.45, 7) is 3.49. The number of aliphatic hydroxyl groups excluding tert-OH is 3. The van der Waals surface area contributed by atoms with E-state index in [1.165, 1.54) is 40.8 Å². The van der Waals surface area contributed by atoms with Crippen molar-refractivity contribution in [2.24, 2.45) is 0 Å². The van der Waals surface area contributed by atoms with E-state index in [0.717, 1.165) is 0 Å². The number of carbonyl (C=O) groups excluding carboxylic acids is 1. The number of anilines is 4. The molecule has 0 bridgehead atoms. The van der Waals surface area contributed by atoms with Gasteiger partial charge in [-0.05, 0) is 32.9 Å². The molecule has 350 valence electrons. The lowest BCUT2D eigenvalue weighted by atomic mass is 9.97. The van der Waals surface area contributed by atoms with Gasteiger partial charge in [-0.1, -0.05) is 37.5 Å². The molecule has 1 unspecified atom stereocenters. The molecule has 2 aliphatic heterocycles. The molecule has 10 atom stereocenters. The number of aliphatic hydroxyl groups is 3. The zero-order valence-corrected chi connectivity index (χ0v) is 35.8. The molecule has 26 heteroatoms. The van der Waals surface area contributed by atoms with E-state index in [0.29, 0.717) is 11.3 Å². The average Bonchev–Trinajstić information content (AvgIpc) is 4.01. The van der Waals surface area contributed by atoms with Crippen molar-refractivity contribution >= 4 is 59.6 Å². The number of para-hydroxylation sites is 1. The van der Waals surface area contributed by atoms with E-state index < -0.39 is 87.3 Å². The van der Waals surface area contributed by atoms with E-state index in [9.17, 15) is 24.7 Å². The maximum Gasteiger partial charge on any atom is 0.459 e. The van der Waals surface area contributed by atoms with Crippen molar-refractivity contribution in [3.8, 4) is 30.4 Å². The highest BCUT2D eigenvalue weighted by molar-refractivity contribution is 7.52. The van der Waals surface area contributed by atoms with E-state index in [-0.39, 0.29) is 47.7 Å². The van der Waals surface area contributed by atoms with Gasteiger partial charge in [-0.15, -0.1) is 12.8 Å². The molecule has 23 nitrogen and oxygen atoms in total. The molecular formula is C39H50F2N13O10P. The number of benzene rings is 1. The lowest BCUT2D eigenvalue weighted by Crippen LogP contribution is -2.42. The van der Waals surface area contributed by atoms with Gasteiger partial charge in [0.2, 0.25) is 23.2 Å². The lowest BCUT2D eigenvalue weighted by Gasteiger charge is -2.25. The predicted octanol–water partition coefficient (Wildman–Crippen LogP) is 1.86. The minimum absolute atomic E-state index is 0. The Morgan fingerprint density at radius 2 is 1.37 bits per heavy atom. The number of nitrogen functional groups attached to an aromatic ring is 2. The molecule has 7 rings (SSSR count). The molecule has 1 aromatic carbocycles. The van der Waals surface area contributed by atoms with Crippen LogP contribution in [0.1, 0.15) is 40.7 Å². The minimum atomic E-state index is -4.34. The van der Waals surface area contributed by atoms with Crippen LogP contribution in [0.3, 0.4) is 0 Å². The first-order chi connectivity index (χ1) is 30.4. The molecule has 0 spiro atoms. The highest BCUT2D eigenvalue weighted by atomic mass is 31.2. The summed E-state index contributed by atoms with van der Waals surface area (Å²) in [7, 11) is -1.12. The number of alkyl halides is 2. The van der Waals surface area contributed by atoms with Gasteiger partial charge < -0.3 is 56.2 Å². The molecule has 0 amide bonds. The van der Waals surface area contributed by atoms with Crippen molar-refractivity contribution in [2.45, 2.75) is 88.6 Å². The minimum Gasteiger partial charge on any atom is -0.462 e. The van der Waals surface area contributed by atoms with Crippen molar-refractivity contribution in [3.63, 3.8) is 0 Å². The Labute approximate surface area is 371 Å². The van der Waals surface area contributed by atoms with Crippen molar-refractivity contribution in [1.82, 2.24) is 44.1 Å². The Morgan fingerprint density at radius 1 is 0.892 bits per heavy atom. The van der Waals surface area contributed by atoms with Crippen LogP contribution in [0.5, 0.6) is 5.75 Å². The molecular weight excluding hydrogens is 879 g/mol. The Hall–Kier alpha value is -6.28. The SMILES string of the molecule is C.C#C[C@@]1(F)[C@H](O)[C@@H](CO)O[C@H]1n1cnc2c(NC)nc(N)nc21.C#C[C@@]1(F)[C@H](O)[C@@H](COP(=O)(N[C@@H](C)C(=O)OC(C)C)Oc2ccccc2)O[C@H]1n1cnc2c(NC)nc(N)nc21. The molecule has 0 saturated carbocycles. The van der Waals surface area contributed by atoms with Crippen LogP contribution in [0.25, 0.3) is 22.3 Å². The average molecular weight is 930 g/mol. The van der Waals surface area contributed by atoms with Crippen LogP contribution < -0.4 is 31.7 Å². The molecule has 65 heavy (non-hydrogen) atoms. The maximum atomic E-state index is 16.1. The molecule has 4 aromatic heterocycles. The second-order valence-corrected chi connectivity index (χ2v) is 16.2. The Kier molecular flexibility index (Phi) is 15.2. The molecule has 6 heterocycles. The van der Waals surface area contributed by atoms with E-state index in [2.05, 4.69) is 45.6 Å². The first-order valence-corrected chi connectivity index (χ1v) is 20.8. The second-order valence-electron chi connectivity index (χ2n) is 14.5. The summed E-state index contributed by atoms with van der Waals surface area (Å²) in [6.07, 6.45) is 3.56. The van der Waals surface area contributed by atoms with E-state index in [1.807, 2.05) is 11.8 Å². The van der Waals surface area contributed by atoms with Crippen LogP contribution in [0.2, 0.25) is 0 Å². The van der Waals surface area contributed by atoms with Crippen LogP contribution >= 0.6 is 7.75 Å².